The maximum Gasteiger partial charge on any atom is 0.277 e. The number of sulfonamides is 1. The maximum atomic E-state index is 12.8. The highest BCUT2D eigenvalue weighted by molar-refractivity contribution is 7.89. The van der Waals surface area contributed by atoms with E-state index >= 15 is 0 Å². The Labute approximate surface area is 163 Å². The second kappa shape index (κ2) is 6.68. The van der Waals surface area contributed by atoms with Gasteiger partial charge in [0.1, 0.15) is 5.03 Å². The predicted molar refractivity (Wildman–Crippen MR) is 99.5 cm³/mol. The molecule has 2 N–H and O–H groups in total. The molecule has 2 aromatic carbocycles. The molecule has 0 aromatic heterocycles. The highest BCUT2D eigenvalue weighted by atomic mass is 35.5. The van der Waals surface area contributed by atoms with Crippen molar-refractivity contribution in [3.05, 3.63) is 63.1 Å². The number of carbonyl (C=O) groups excluding carboxylic acids is 2. The van der Waals surface area contributed by atoms with E-state index in [9.17, 15) is 18.0 Å². The topological polar surface area (TPSA) is 97.5 Å². The highest BCUT2D eigenvalue weighted by Gasteiger charge is 2.40. The van der Waals surface area contributed by atoms with Gasteiger partial charge in [0, 0.05) is 10.6 Å². The average Bonchev–Trinajstić information content (AvgIpc) is 2.77. The number of primary sulfonamides is 1. The van der Waals surface area contributed by atoms with Crippen LogP contribution in [-0.4, -0.2) is 20.2 Å². The van der Waals surface area contributed by atoms with E-state index in [4.69, 9.17) is 39.9 Å². The number of rotatable bonds is 3. The summed E-state index contributed by atoms with van der Waals surface area (Å²) in [6.45, 7) is 0. The molecule has 0 saturated carbocycles. The van der Waals surface area contributed by atoms with E-state index < -0.39 is 21.8 Å². The summed E-state index contributed by atoms with van der Waals surface area (Å²) in [6, 6.07) is 9.37. The summed E-state index contributed by atoms with van der Waals surface area (Å²) in [5.41, 5.74) is 0.350. The quantitative estimate of drug-likeness (QED) is 0.755. The van der Waals surface area contributed by atoms with E-state index in [-0.39, 0.29) is 31.8 Å². The van der Waals surface area contributed by atoms with Crippen molar-refractivity contribution in [2.24, 2.45) is 5.14 Å². The number of hydrogen-bond donors (Lipinski definition) is 1. The molecule has 0 radical (unpaired) electrons. The third-order valence-electron chi connectivity index (χ3n) is 3.65. The van der Waals surface area contributed by atoms with Gasteiger partial charge < -0.3 is 0 Å². The molecule has 134 valence electrons. The van der Waals surface area contributed by atoms with Crippen LogP contribution in [0.4, 0.5) is 5.69 Å². The zero-order valence-electron chi connectivity index (χ0n) is 12.7. The van der Waals surface area contributed by atoms with Gasteiger partial charge in [-0.3, -0.25) is 9.59 Å². The fourth-order valence-corrected chi connectivity index (χ4v) is 3.73. The first kappa shape index (κ1) is 18.9. The monoisotopic (exact) mass is 430 g/mol. The van der Waals surface area contributed by atoms with Crippen molar-refractivity contribution in [1.82, 2.24) is 0 Å². The van der Waals surface area contributed by atoms with E-state index in [0.717, 1.165) is 4.90 Å². The van der Waals surface area contributed by atoms with Crippen LogP contribution in [0.3, 0.4) is 0 Å². The van der Waals surface area contributed by atoms with Gasteiger partial charge in [-0.25, -0.2) is 18.5 Å². The van der Waals surface area contributed by atoms with E-state index in [1.165, 1.54) is 42.5 Å². The molecule has 0 unspecified atom stereocenters. The van der Waals surface area contributed by atoms with Gasteiger partial charge in [0.2, 0.25) is 10.0 Å². The summed E-state index contributed by atoms with van der Waals surface area (Å²) >= 11 is 18.0. The number of imide groups is 1. The van der Waals surface area contributed by atoms with Crippen LogP contribution in [-0.2, 0) is 19.6 Å². The Morgan fingerprint density at radius 1 is 0.885 bits per heavy atom. The van der Waals surface area contributed by atoms with Gasteiger partial charge in [-0.15, -0.1) is 0 Å². The molecule has 6 nitrogen and oxygen atoms in total. The van der Waals surface area contributed by atoms with E-state index in [2.05, 4.69) is 0 Å². The van der Waals surface area contributed by atoms with Crippen LogP contribution in [0.15, 0.2) is 52.4 Å². The normalized spacial score (nSPS) is 15.2. The maximum absolute atomic E-state index is 12.8. The number of hydrogen-bond acceptors (Lipinski definition) is 4. The highest BCUT2D eigenvalue weighted by Crippen LogP contribution is 2.38. The van der Waals surface area contributed by atoms with Crippen LogP contribution < -0.4 is 10.0 Å². The number of anilines is 1. The summed E-state index contributed by atoms with van der Waals surface area (Å²) in [7, 11) is -3.90. The summed E-state index contributed by atoms with van der Waals surface area (Å²) < 4.78 is 22.6. The lowest BCUT2D eigenvalue weighted by Gasteiger charge is -2.15. The van der Waals surface area contributed by atoms with Crippen molar-refractivity contribution < 1.29 is 18.0 Å². The Bertz CT molecular complexity index is 1080. The molecule has 1 heterocycles. The van der Waals surface area contributed by atoms with Gasteiger partial charge in [-0.05, 0) is 36.4 Å². The Kier molecular flexibility index (Phi) is 4.85. The van der Waals surface area contributed by atoms with Gasteiger partial charge >= 0.3 is 0 Å². The van der Waals surface area contributed by atoms with Gasteiger partial charge in [0.15, 0.2) is 0 Å². The second-order valence-electron chi connectivity index (χ2n) is 5.30. The van der Waals surface area contributed by atoms with Gasteiger partial charge in [0.25, 0.3) is 11.8 Å². The molecule has 2 aromatic rings. The first-order valence-electron chi connectivity index (χ1n) is 6.98. The molecule has 0 spiro atoms. The van der Waals surface area contributed by atoms with Crippen LogP contribution in [0.25, 0.3) is 5.57 Å². The molecule has 0 atom stereocenters. The Morgan fingerprint density at radius 2 is 1.50 bits per heavy atom. The molecule has 26 heavy (non-hydrogen) atoms. The first-order valence-corrected chi connectivity index (χ1v) is 9.66. The van der Waals surface area contributed by atoms with Crippen LogP contribution in [0.2, 0.25) is 10.0 Å². The minimum atomic E-state index is -3.90. The first-order chi connectivity index (χ1) is 12.1. The molecular weight excluding hydrogens is 423 g/mol. The Morgan fingerprint density at radius 3 is 2.04 bits per heavy atom. The van der Waals surface area contributed by atoms with Gasteiger partial charge in [-0.2, -0.15) is 0 Å². The standard InChI is InChI=1S/C16H9Cl3N2O4S/c17-8-1-6-11(12(18)7-8)13-14(19)16(23)21(15(13)22)9-2-4-10(5-3-9)26(20,24)25/h1-7H,(H2,20,24,25). The van der Waals surface area contributed by atoms with Crippen molar-refractivity contribution >= 4 is 67.9 Å². The minimum absolute atomic E-state index is 0.0612. The predicted octanol–water partition coefficient (Wildman–Crippen LogP) is 3.16. The summed E-state index contributed by atoms with van der Waals surface area (Å²) in [5.74, 6) is -1.44. The van der Waals surface area contributed by atoms with E-state index in [1.54, 1.807) is 0 Å². The fraction of sp³-hybridized carbons (Fsp3) is 0. The van der Waals surface area contributed by atoms with Crippen LogP contribution in [0.5, 0.6) is 0 Å². The lowest BCUT2D eigenvalue weighted by molar-refractivity contribution is -0.119. The summed E-state index contributed by atoms with van der Waals surface area (Å²) in [6.07, 6.45) is 0. The molecule has 2 amide bonds. The Hall–Kier alpha value is -1.90. The number of benzene rings is 2. The van der Waals surface area contributed by atoms with Crippen LogP contribution >= 0.6 is 34.8 Å². The number of amides is 2. The van der Waals surface area contributed by atoms with Gasteiger partial charge in [-0.1, -0.05) is 40.9 Å². The molecule has 3 rings (SSSR count). The molecule has 10 heteroatoms. The Balaban J connectivity index is 2.03. The molecule has 1 aliphatic rings. The zero-order chi connectivity index (χ0) is 19.2. The lowest BCUT2D eigenvalue weighted by atomic mass is 10.1. The molecule has 0 fully saturated rings. The molecule has 1 aliphatic heterocycles. The second-order valence-corrected chi connectivity index (χ2v) is 8.08. The summed E-state index contributed by atoms with van der Waals surface area (Å²) in [5, 5.41) is 5.27. The third kappa shape index (κ3) is 3.24. The van der Waals surface area contributed by atoms with Crippen molar-refractivity contribution in [1.29, 1.82) is 0 Å². The third-order valence-corrected chi connectivity index (χ3v) is 5.48. The molecule has 0 aliphatic carbocycles. The molecule has 0 bridgehead atoms. The number of nitrogens with zero attached hydrogens (tertiary/aromatic N) is 1. The number of carbonyl (C=O) groups is 2. The lowest BCUT2D eigenvalue weighted by Crippen LogP contribution is -2.31. The van der Waals surface area contributed by atoms with Crippen molar-refractivity contribution in [3.63, 3.8) is 0 Å². The van der Waals surface area contributed by atoms with E-state index in [0.29, 0.717) is 5.02 Å². The number of halogens is 3. The number of nitrogens with two attached hydrogens (primary N) is 1. The van der Waals surface area contributed by atoms with Gasteiger partial charge in [0.05, 0.1) is 21.2 Å². The molecule has 0 saturated heterocycles. The van der Waals surface area contributed by atoms with Crippen molar-refractivity contribution in [2.75, 3.05) is 4.90 Å². The smallest absolute Gasteiger partial charge is 0.268 e. The van der Waals surface area contributed by atoms with Crippen molar-refractivity contribution in [3.8, 4) is 0 Å². The fourth-order valence-electron chi connectivity index (χ4n) is 2.45. The summed E-state index contributed by atoms with van der Waals surface area (Å²) in [4.78, 5) is 25.9. The average molecular weight is 432 g/mol. The van der Waals surface area contributed by atoms with Crippen LogP contribution in [0, 0.1) is 0 Å². The van der Waals surface area contributed by atoms with Crippen LogP contribution in [0.1, 0.15) is 5.56 Å². The minimum Gasteiger partial charge on any atom is -0.268 e. The zero-order valence-corrected chi connectivity index (χ0v) is 15.8. The molecular formula is C16H9Cl3N2O4S. The van der Waals surface area contributed by atoms with E-state index in [1.807, 2.05) is 0 Å². The SMILES string of the molecule is NS(=O)(=O)c1ccc(N2C(=O)C(Cl)=C(c3ccc(Cl)cc3Cl)C2=O)cc1. The largest absolute Gasteiger partial charge is 0.277 e. The van der Waals surface area contributed by atoms with Crippen molar-refractivity contribution in [2.45, 2.75) is 4.90 Å².